The van der Waals surface area contributed by atoms with Crippen LogP contribution in [-0.2, 0) is 23.8 Å². The average molecular weight is 549 g/mol. The Morgan fingerprint density at radius 2 is 1.69 bits per heavy atom. The quantitative estimate of drug-likeness (QED) is 0.356. The first-order valence-corrected chi connectivity index (χ1v) is 15.8. The fourth-order valence-corrected chi connectivity index (χ4v) is 10.1. The van der Waals surface area contributed by atoms with E-state index in [0.29, 0.717) is 35.5 Å². The Labute approximate surface area is 237 Å². The molecular formula is C33H56O6. The molecule has 0 radical (unpaired) electrons. The summed E-state index contributed by atoms with van der Waals surface area (Å²) in [5.41, 5.74) is -0.912. The summed E-state index contributed by atoms with van der Waals surface area (Å²) in [5.74, 6) is 2.90. The lowest BCUT2D eigenvalue weighted by molar-refractivity contribution is -0.207. The van der Waals surface area contributed by atoms with Gasteiger partial charge in [0.05, 0.1) is 17.8 Å². The second-order valence-electron chi connectivity index (χ2n) is 15.3. The summed E-state index contributed by atoms with van der Waals surface area (Å²) in [4.78, 5) is 23.7. The molecule has 0 spiro atoms. The summed E-state index contributed by atoms with van der Waals surface area (Å²) in [6.45, 7) is 18.3. The van der Waals surface area contributed by atoms with E-state index in [1.54, 1.807) is 13.8 Å². The lowest BCUT2D eigenvalue weighted by atomic mass is 9.56. The van der Waals surface area contributed by atoms with E-state index in [2.05, 4.69) is 34.6 Å². The van der Waals surface area contributed by atoms with E-state index in [9.17, 15) is 14.7 Å². The van der Waals surface area contributed by atoms with Crippen LogP contribution in [0.5, 0.6) is 0 Å². The van der Waals surface area contributed by atoms with Crippen molar-refractivity contribution >= 4 is 11.9 Å². The van der Waals surface area contributed by atoms with Crippen molar-refractivity contribution in [3.63, 3.8) is 0 Å². The first-order chi connectivity index (χ1) is 18.1. The maximum atomic E-state index is 11.9. The molecule has 1 heterocycles. The van der Waals surface area contributed by atoms with Crippen LogP contribution in [0.3, 0.4) is 0 Å². The van der Waals surface area contributed by atoms with Crippen molar-refractivity contribution in [2.75, 3.05) is 0 Å². The highest BCUT2D eigenvalue weighted by Gasteiger charge is 2.60. The van der Waals surface area contributed by atoms with Crippen LogP contribution in [0.25, 0.3) is 0 Å². The minimum absolute atomic E-state index is 0.00861. The van der Waals surface area contributed by atoms with Crippen molar-refractivity contribution in [3.8, 4) is 0 Å². The van der Waals surface area contributed by atoms with Crippen LogP contribution in [0.4, 0.5) is 0 Å². The molecule has 6 nitrogen and oxygen atoms in total. The molecule has 6 heteroatoms. The van der Waals surface area contributed by atoms with Crippen LogP contribution < -0.4 is 0 Å². The molecule has 4 unspecified atom stereocenters. The minimum atomic E-state index is -1.16. The predicted octanol–water partition coefficient (Wildman–Crippen LogP) is 6.71. The van der Waals surface area contributed by atoms with Crippen LogP contribution in [0.2, 0.25) is 0 Å². The van der Waals surface area contributed by atoms with Crippen molar-refractivity contribution in [3.05, 3.63) is 0 Å². The zero-order chi connectivity index (χ0) is 28.9. The van der Waals surface area contributed by atoms with Crippen molar-refractivity contribution in [1.29, 1.82) is 0 Å². The number of ether oxygens (including phenoxy) is 3. The van der Waals surface area contributed by atoms with E-state index in [1.165, 1.54) is 46.0 Å². The van der Waals surface area contributed by atoms with Crippen molar-refractivity contribution in [1.82, 2.24) is 0 Å². The van der Waals surface area contributed by atoms with Gasteiger partial charge in [0.1, 0.15) is 6.10 Å². The van der Waals surface area contributed by atoms with E-state index in [1.807, 2.05) is 0 Å². The highest BCUT2D eigenvalue weighted by Crippen LogP contribution is 2.63. The molecule has 1 N–H and O–H groups in total. The SMILES string of the molecule is CC(=O)O[C@H]1CCC(C)C(CC[C@@H]2CCC[C@@]3(C)C2C[C@H]2O[C@@H]([C@H](OC(C)=O)C(C)(C)O)C[C@@H](C)C23)C1(C)C. The summed E-state index contributed by atoms with van der Waals surface area (Å²) in [5, 5.41) is 10.8. The Bertz CT molecular complexity index is 891. The second kappa shape index (κ2) is 11.3. The molecule has 224 valence electrons. The van der Waals surface area contributed by atoms with Gasteiger partial charge in [0, 0.05) is 19.3 Å². The highest BCUT2D eigenvalue weighted by atomic mass is 16.6. The average Bonchev–Trinajstić information content (AvgIpc) is 3.11. The summed E-state index contributed by atoms with van der Waals surface area (Å²) in [6.07, 6.45) is 9.39. The molecule has 4 fully saturated rings. The van der Waals surface area contributed by atoms with Crippen molar-refractivity contribution < 1.29 is 28.9 Å². The van der Waals surface area contributed by atoms with Gasteiger partial charge in [-0.25, -0.2) is 0 Å². The fourth-order valence-electron chi connectivity index (χ4n) is 10.1. The zero-order valence-corrected chi connectivity index (χ0v) is 26.1. The normalized spacial score (nSPS) is 42.7. The van der Waals surface area contributed by atoms with Gasteiger partial charge in [-0.3, -0.25) is 9.59 Å². The van der Waals surface area contributed by atoms with E-state index in [-0.39, 0.29) is 41.1 Å². The standard InChI is InChI=1S/C33H56O6/c1-19-12-15-28(37-21(3)34)31(5,6)24(19)14-13-23-11-10-16-33(9)25(23)18-26-29(33)20(2)17-27(39-26)30(32(7,8)36)38-22(4)35/h19-20,23-30,36H,10-18H2,1-9H3/t19?,20-,23+,24?,25?,26-,27-,28+,29?,30+,33+/m1/s1. The van der Waals surface area contributed by atoms with Crippen LogP contribution in [0.15, 0.2) is 0 Å². The molecule has 3 saturated carbocycles. The van der Waals surface area contributed by atoms with E-state index in [4.69, 9.17) is 14.2 Å². The second-order valence-corrected chi connectivity index (χ2v) is 15.3. The smallest absolute Gasteiger partial charge is 0.303 e. The minimum Gasteiger partial charge on any atom is -0.462 e. The molecule has 39 heavy (non-hydrogen) atoms. The third-order valence-corrected chi connectivity index (χ3v) is 11.8. The number of rotatable bonds is 7. The monoisotopic (exact) mass is 548 g/mol. The Kier molecular flexibility index (Phi) is 8.90. The number of carbonyl (C=O) groups is 2. The molecule has 11 atom stereocenters. The third kappa shape index (κ3) is 6.08. The Morgan fingerprint density at radius 1 is 1.00 bits per heavy atom. The summed E-state index contributed by atoms with van der Waals surface area (Å²) in [6, 6.07) is 0. The molecule has 0 aromatic rings. The predicted molar refractivity (Wildman–Crippen MR) is 152 cm³/mol. The number of hydrogen-bond donors (Lipinski definition) is 1. The largest absolute Gasteiger partial charge is 0.462 e. The van der Waals surface area contributed by atoms with E-state index >= 15 is 0 Å². The van der Waals surface area contributed by atoms with Crippen LogP contribution in [-0.4, -0.2) is 47.1 Å². The van der Waals surface area contributed by atoms with Crippen LogP contribution in [0.1, 0.15) is 120 Å². The number of carbonyl (C=O) groups excluding carboxylic acids is 2. The van der Waals surface area contributed by atoms with Gasteiger partial charge in [-0.1, -0.05) is 47.5 Å². The molecule has 4 aliphatic rings. The van der Waals surface area contributed by atoms with Gasteiger partial charge < -0.3 is 19.3 Å². The first-order valence-electron chi connectivity index (χ1n) is 15.8. The molecule has 0 aromatic carbocycles. The Balaban J connectivity index is 1.49. The number of fused-ring (bicyclic) bond motifs is 3. The number of aliphatic hydroxyl groups is 1. The highest BCUT2D eigenvalue weighted by molar-refractivity contribution is 5.66. The van der Waals surface area contributed by atoms with Crippen molar-refractivity contribution in [2.24, 2.45) is 46.3 Å². The van der Waals surface area contributed by atoms with Crippen molar-refractivity contribution in [2.45, 2.75) is 150 Å². The number of esters is 2. The summed E-state index contributed by atoms with van der Waals surface area (Å²) in [7, 11) is 0. The van der Waals surface area contributed by atoms with Gasteiger partial charge in [-0.15, -0.1) is 0 Å². The van der Waals surface area contributed by atoms with Gasteiger partial charge >= 0.3 is 11.9 Å². The van der Waals surface area contributed by atoms with Gasteiger partial charge in [0.2, 0.25) is 0 Å². The first kappa shape index (κ1) is 30.8. The van der Waals surface area contributed by atoms with Gasteiger partial charge in [-0.2, -0.15) is 0 Å². The van der Waals surface area contributed by atoms with Gasteiger partial charge in [0.25, 0.3) is 0 Å². The topological polar surface area (TPSA) is 82.1 Å². The zero-order valence-electron chi connectivity index (χ0n) is 26.1. The molecule has 0 aromatic heterocycles. The lowest BCUT2D eigenvalue weighted by Crippen LogP contribution is -2.54. The van der Waals surface area contributed by atoms with E-state index in [0.717, 1.165) is 25.7 Å². The Morgan fingerprint density at radius 3 is 2.31 bits per heavy atom. The maximum absolute atomic E-state index is 11.9. The van der Waals surface area contributed by atoms with Crippen LogP contribution in [0, 0.1) is 46.3 Å². The van der Waals surface area contributed by atoms with Gasteiger partial charge in [0.15, 0.2) is 6.10 Å². The molecule has 0 bridgehead atoms. The maximum Gasteiger partial charge on any atom is 0.303 e. The molecule has 3 aliphatic carbocycles. The van der Waals surface area contributed by atoms with E-state index < -0.39 is 11.7 Å². The number of hydrogen-bond acceptors (Lipinski definition) is 6. The molecule has 4 rings (SSSR count). The van der Waals surface area contributed by atoms with Gasteiger partial charge in [-0.05, 0) is 99.7 Å². The third-order valence-electron chi connectivity index (χ3n) is 11.8. The Hall–Kier alpha value is -1.14. The summed E-state index contributed by atoms with van der Waals surface area (Å²) >= 11 is 0. The lowest BCUT2D eigenvalue weighted by Gasteiger charge is -2.51. The summed E-state index contributed by atoms with van der Waals surface area (Å²) < 4.78 is 18.2. The molecule has 0 amide bonds. The molecular weight excluding hydrogens is 492 g/mol. The fraction of sp³-hybridized carbons (Fsp3) is 0.939. The molecule has 1 aliphatic heterocycles. The van der Waals surface area contributed by atoms with Crippen LogP contribution >= 0.6 is 0 Å². The molecule has 1 saturated heterocycles.